The molecule has 0 unspecified atom stereocenters. The van der Waals surface area contributed by atoms with Gasteiger partial charge in [0.05, 0.1) is 12.2 Å². The molecular weight excluding hydrogens is 308 g/mol. The third-order valence-electron chi connectivity index (χ3n) is 2.70. The van der Waals surface area contributed by atoms with Crippen LogP contribution in [-0.4, -0.2) is 11.4 Å². The molecule has 2 aromatic rings. The van der Waals surface area contributed by atoms with Crippen molar-refractivity contribution in [1.82, 2.24) is 0 Å². The fraction of sp³-hybridized carbons (Fsp3) is 0.133. The van der Waals surface area contributed by atoms with Gasteiger partial charge in [-0.15, -0.1) is 0 Å². The van der Waals surface area contributed by atoms with Crippen LogP contribution in [0.2, 0.25) is 0 Å². The van der Waals surface area contributed by atoms with Crippen LogP contribution in [0.4, 0.5) is 0 Å². The van der Waals surface area contributed by atoms with Crippen molar-refractivity contribution in [1.29, 1.82) is 0 Å². The number of hydrogen-bond donors (Lipinski definition) is 1. The number of carbonyl (C=O) groups excluding carboxylic acids is 1. The highest BCUT2D eigenvalue weighted by atomic mass is 79.9. The molecule has 0 aliphatic carbocycles. The van der Waals surface area contributed by atoms with Crippen molar-refractivity contribution in [3.8, 4) is 5.75 Å². The van der Waals surface area contributed by atoms with Gasteiger partial charge < -0.3 is 9.84 Å². The van der Waals surface area contributed by atoms with E-state index in [1.54, 1.807) is 12.1 Å². The first-order valence-electron chi connectivity index (χ1n) is 5.79. The lowest BCUT2D eigenvalue weighted by atomic mass is 10.1. The van der Waals surface area contributed by atoms with Crippen molar-refractivity contribution in [2.24, 2.45) is 0 Å². The molecule has 0 bridgehead atoms. The maximum absolute atomic E-state index is 10.9. The molecule has 2 aromatic carbocycles. The van der Waals surface area contributed by atoms with Crippen LogP contribution >= 0.6 is 15.9 Å². The minimum atomic E-state index is 0.0309. The van der Waals surface area contributed by atoms with Crippen LogP contribution in [-0.2, 0) is 13.2 Å². The summed E-state index contributed by atoms with van der Waals surface area (Å²) in [5, 5.41) is 8.96. The van der Waals surface area contributed by atoms with Gasteiger partial charge in [0.2, 0.25) is 0 Å². The molecule has 0 aliphatic heterocycles. The smallest absolute Gasteiger partial charge is 0.153 e. The summed E-state index contributed by atoms with van der Waals surface area (Å²) in [6.45, 7) is 0.414. The molecule has 0 saturated heterocycles. The summed E-state index contributed by atoms with van der Waals surface area (Å²) in [6, 6.07) is 12.8. The van der Waals surface area contributed by atoms with E-state index in [1.165, 1.54) is 0 Å². The quantitative estimate of drug-likeness (QED) is 0.859. The number of carbonyl (C=O) groups is 1. The Balaban J connectivity index is 2.07. The standard InChI is InChI=1S/C15H13BrO3/c16-14-5-6-15(13(7-14)9-18)19-10-12-3-1-11(8-17)2-4-12/h1-7,9,17H,8,10H2. The predicted molar refractivity (Wildman–Crippen MR) is 76.2 cm³/mol. The van der Waals surface area contributed by atoms with Gasteiger partial charge in [0, 0.05) is 4.47 Å². The molecule has 0 radical (unpaired) electrons. The van der Waals surface area contributed by atoms with Crippen molar-refractivity contribution in [2.45, 2.75) is 13.2 Å². The monoisotopic (exact) mass is 320 g/mol. The van der Waals surface area contributed by atoms with Crippen LogP contribution in [0.5, 0.6) is 5.75 Å². The Hall–Kier alpha value is -1.65. The average molecular weight is 321 g/mol. The van der Waals surface area contributed by atoms with Crippen molar-refractivity contribution >= 4 is 22.2 Å². The summed E-state index contributed by atoms with van der Waals surface area (Å²) in [7, 11) is 0. The van der Waals surface area contributed by atoms with E-state index in [1.807, 2.05) is 30.3 Å². The number of aliphatic hydroxyl groups is 1. The lowest BCUT2D eigenvalue weighted by Crippen LogP contribution is -1.98. The van der Waals surface area contributed by atoms with Gasteiger partial charge in [-0.25, -0.2) is 0 Å². The van der Waals surface area contributed by atoms with E-state index >= 15 is 0 Å². The number of halogens is 1. The lowest BCUT2D eigenvalue weighted by molar-refractivity contribution is 0.111. The highest BCUT2D eigenvalue weighted by Gasteiger charge is 2.04. The van der Waals surface area contributed by atoms with Crippen LogP contribution < -0.4 is 4.74 Å². The van der Waals surface area contributed by atoms with E-state index in [4.69, 9.17) is 9.84 Å². The molecule has 4 heteroatoms. The van der Waals surface area contributed by atoms with Gasteiger partial charge in [0.25, 0.3) is 0 Å². The normalized spacial score (nSPS) is 10.2. The largest absolute Gasteiger partial charge is 0.488 e. The van der Waals surface area contributed by atoms with E-state index < -0.39 is 0 Å². The third kappa shape index (κ3) is 3.66. The molecule has 19 heavy (non-hydrogen) atoms. The van der Waals surface area contributed by atoms with Gasteiger partial charge in [0.15, 0.2) is 6.29 Å². The Bertz CT molecular complexity index is 564. The van der Waals surface area contributed by atoms with Gasteiger partial charge in [0.1, 0.15) is 12.4 Å². The zero-order valence-corrected chi connectivity index (χ0v) is 11.8. The average Bonchev–Trinajstić information content (AvgIpc) is 2.46. The lowest BCUT2D eigenvalue weighted by Gasteiger charge is -2.09. The van der Waals surface area contributed by atoms with Crippen LogP contribution in [0.25, 0.3) is 0 Å². The summed E-state index contributed by atoms with van der Waals surface area (Å²) in [4.78, 5) is 10.9. The Morgan fingerprint density at radius 1 is 1.11 bits per heavy atom. The Morgan fingerprint density at radius 2 is 1.79 bits per heavy atom. The van der Waals surface area contributed by atoms with Gasteiger partial charge in [-0.1, -0.05) is 40.2 Å². The summed E-state index contributed by atoms with van der Waals surface area (Å²) in [5.74, 6) is 0.560. The third-order valence-corrected chi connectivity index (χ3v) is 3.19. The highest BCUT2D eigenvalue weighted by molar-refractivity contribution is 9.10. The number of rotatable bonds is 5. The summed E-state index contributed by atoms with van der Waals surface area (Å²) < 4.78 is 6.47. The Morgan fingerprint density at radius 3 is 2.42 bits per heavy atom. The van der Waals surface area contributed by atoms with Gasteiger partial charge in [-0.05, 0) is 29.3 Å². The van der Waals surface area contributed by atoms with E-state index in [2.05, 4.69) is 15.9 Å². The Labute approximate surface area is 120 Å². The minimum absolute atomic E-state index is 0.0309. The highest BCUT2D eigenvalue weighted by Crippen LogP contribution is 2.22. The summed E-state index contributed by atoms with van der Waals surface area (Å²) in [6.07, 6.45) is 0.773. The first-order valence-corrected chi connectivity index (χ1v) is 6.58. The molecule has 2 rings (SSSR count). The molecule has 0 aliphatic rings. The number of hydrogen-bond acceptors (Lipinski definition) is 3. The van der Waals surface area contributed by atoms with E-state index in [0.717, 1.165) is 21.9 Å². The van der Waals surface area contributed by atoms with Gasteiger partial charge >= 0.3 is 0 Å². The summed E-state index contributed by atoms with van der Waals surface area (Å²) >= 11 is 3.31. The number of aliphatic hydroxyl groups excluding tert-OH is 1. The molecule has 98 valence electrons. The number of benzene rings is 2. The van der Waals surface area contributed by atoms with E-state index in [9.17, 15) is 4.79 Å². The fourth-order valence-corrected chi connectivity index (χ4v) is 2.02. The number of ether oxygens (including phenoxy) is 1. The van der Waals surface area contributed by atoms with Crippen LogP contribution in [0.1, 0.15) is 21.5 Å². The van der Waals surface area contributed by atoms with Crippen LogP contribution in [0.15, 0.2) is 46.9 Å². The number of aldehydes is 1. The van der Waals surface area contributed by atoms with Crippen LogP contribution in [0, 0.1) is 0 Å². The van der Waals surface area contributed by atoms with Gasteiger partial charge in [-0.3, -0.25) is 4.79 Å². The molecule has 0 aromatic heterocycles. The first-order chi connectivity index (χ1) is 9.22. The molecule has 3 nitrogen and oxygen atoms in total. The molecule has 0 saturated carbocycles. The molecule has 0 spiro atoms. The topological polar surface area (TPSA) is 46.5 Å². The van der Waals surface area contributed by atoms with Crippen LogP contribution in [0.3, 0.4) is 0 Å². The maximum Gasteiger partial charge on any atom is 0.153 e. The second kappa shape index (κ2) is 6.50. The molecule has 1 N–H and O–H groups in total. The minimum Gasteiger partial charge on any atom is -0.488 e. The first kappa shape index (κ1) is 13.8. The maximum atomic E-state index is 10.9. The second-order valence-electron chi connectivity index (χ2n) is 4.06. The molecule has 0 heterocycles. The zero-order valence-electron chi connectivity index (χ0n) is 10.2. The van der Waals surface area contributed by atoms with Gasteiger partial charge in [-0.2, -0.15) is 0 Å². The van der Waals surface area contributed by atoms with Crippen molar-refractivity contribution < 1.29 is 14.6 Å². The van der Waals surface area contributed by atoms with Crippen molar-refractivity contribution in [2.75, 3.05) is 0 Å². The SMILES string of the molecule is O=Cc1cc(Br)ccc1OCc1ccc(CO)cc1. The summed E-state index contributed by atoms with van der Waals surface area (Å²) in [5.41, 5.74) is 2.36. The molecular formula is C15H13BrO3. The second-order valence-corrected chi connectivity index (χ2v) is 4.98. The Kier molecular flexibility index (Phi) is 4.71. The predicted octanol–water partition coefficient (Wildman–Crippen LogP) is 3.33. The molecule has 0 amide bonds. The molecule has 0 fully saturated rings. The zero-order chi connectivity index (χ0) is 13.7. The van der Waals surface area contributed by atoms with E-state index in [0.29, 0.717) is 17.9 Å². The van der Waals surface area contributed by atoms with E-state index in [-0.39, 0.29) is 6.61 Å². The van der Waals surface area contributed by atoms with Crippen molar-refractivity contribution in [3.63, 3.8) is 0 Å². The van der Waals surface area contributed by atoms with Crippen molar-refractivity contribution in [3.05, 3.63) is 63.6 Å². The fourth-order valence-electron chi connectivity index (χ4n) is 1.64. The molecule has 0 atom stereocenters.